The summed E-state index contributed by atoms with van der Waals surface area (Å²) in [4.78, 5) is 0. The minimum atomic E-state index is -0.547. The molecular weight excluding hydrogens is 337 g/mol. The van der Waals surface area contributed by atoms with E-state index in [2.05, 4.69) is 17.7 Å². The quantitative estimate of drug-likeness (QED) is 0.798. The van der Waals surface area contributed by atoms with Crippen LogP contribution in [0.2, 0.25) is 10.0 Å². The molecule has 22 heavy (non-hydrogen) atoms. The third-order valence-electron chi connectivity index (χ3n) is 3.76. The Morgan fingerprint density at radius 2 is 1.86 bits per heavy atom. The Hall–Kier alpha value is -1.33. The highest BCUT2D eigenvalue weighted by atomic mass is 35.5. The molecule has 0 aromatic heterocycles. The normalized spacial score (nSPS) is 21.0. The molecule has 1 aliphatic rings. The van der Waals surface area contributed by atoms with Crippen molar-refractivity contribution in [3.05, 3.63) is 64.1 Å². The molecule has 0 saturated carbocycles. The zero-order valence-corrected chi connectivity index (χ0v) is 14.3. The summed E-state index contributed by atoms with van der Waals surface area (Å²) in [6.07, 6.45) is 0.762. The van der Waals surface area contributed by atoms with Crippen LogP contribution in [-0.2, 0) is 5.66 Å². The summed E-state index contributed by atoms with van der Waals surface area (Å²) >= 11 is 17.9. The van der Waals surface area contributed by atoms with Crippen LogP contribution in [0.3, 0.4) is 0 Å². The lowest BCUT2D eigenvalue weighted by Crippen LogP contribution is -2.48. The van der Waals surface area contributed by atoms with Crippen molar-refractivity contribution in [3.8, 4) is 0 Å². The van der Waals surface area contributed by atoms with E-state index in [4.69, 9.17) is 35.4 Å². The molecule has 1 aliphatic heterocycles. The van der Waals surface area contributed by atoms with E-state index in [-0.39, 0.29) is 0 Å². The fourth-order valence-corrected chi connectivity index (χ4v) is 3.48. The smallest absolute Gasteiger partial charge is 0.190 e. The fraction of sp³-hybridized carbons (Fsp3) is 0.188. The van der Waals surface area contributed by atoms with Gasteiger partial charge in [0.15, 0.2) is 5.11 Å². The minimum absolute atomic E-state index is 0.547. The van der Waals surface area contributed by atoms with E-state index in [0.717, 1.165) is 17.7 Å². The molecule has 2 aromatic rings. The van der Waals surface area contributed by atoms with Crippen molar-refractivity contribution < 1.29 is 0 Å². The summed E-state index contributed by atoms with van der Waals surface area (Å²) in [6, 6.07) is 15.4. The van der Waals surface area contributed by atoms with Crippen molar-refractivity contribution in [1.82, 2.24) is 10.7 Å². The number of nitrogens with one attached hydrogen (secondary N) is 2. The molecule has 3 rings (SSSR count). The van der Waals surface area contributed by atoms with E-state index >= 15 is 0 Å². The third kappa shape index (κ3) is 2.68. The van der Waals surface area contributed by atoms with Crippen LogP contribution in [0, 0.1) is 0 Å². The van der Waals surface area contributed by atoms with Crippen molar-refractivity contribution in [2.75, 3.05) is 5.01 Å². The molecule has 1 fully saturated rings. The number of hydrogen-bond acceptors (Lipinski definition) is 2. The van der Waals surface area contributed by atoms with E-state index in [0.29, 0.717) is 15.2 Å². The van der Waals surface area contributed by atoms with Gasteiger partial charge in [0.05, 0.1) is 5.69 Å². The first-order valence-corrected chi connectivity index (χ1v) is 8.13. The Morgan fingerprint density at radius 3 is 2.50 bits per heavy atom. The largest absolute Gasteiger partial charge is 0.338 e. The first-order chi connectivity index (χ1) is 10.6. The number of thiocarbonyl (C=S) groups is 1. The lowest BCUT2D eigenvalue weighted by atomic mass is 9.97. The molecule has 3 nitrogen and oxygen atoms in total. The predicted molar refractivity (Wildman–Crippen MR) is 96.2 cm³/mol. The van der Waals surface area contributed by atoms with Gasteiger partial charge < -0.3 is 5.32 Å². The topological polar surface area (TPSA) is 27.3 Å². The third-order valence-corrected chi connectivity index (χ3v) is 4.59. The van der Waals surface area contributed by atoms with Crippen molar-refractivity contribution >= 4 is 46.2 Å². The van der Waals surface area contributed by atoms with Crippen LogP contribution >= 0.6 is 35.4 Å². The molecule has 0 bridgehead atoms. The first-order valence-electron chi connectivity index (χ1n) is 6.96. The van der Waals surface area contributed by atoms with Gasteiger partial charge in [0, 0.05) is 15.6 Å². The van der Waals surface area contributed by atoms with Gasteiger partial charge in [-0.2, -0.15) is 5.43 Å². The molecule has 1 atom stereocenters. The van der Waals surface area contributed by atoms with Crippen LogP contribution in [0.25, 0.3) is 0 Å². The van der Waals surface area contributed by atoms with Gasteiger partial charge in [-0.05, 0) is 42.9 Å². The van der Waals surface area contributed by atoms with Gasteiger partial charge in [-0.3, -0.25) is 0 Å². The molecule has 0 aliphatic carbocycles. The van der Waals surface area contributed by atoms with Crippen LogP contribution in [-0.4, -0.2) is 5.11 Å². The van der Waals surface area contributed by atoms with E-state index in [1.165, 1.54) is 0 Å². The summed E-state index contributed by atoms with van der Waals surface area (Å²) in [6.45, 7) is 2.07. The lowest BCUT2D eigenvalue weighted by Gasteiger charge is -2.30. The number of hydrogen-bond donors (Lipinski definition) is 2. The number of rotatable bonds is 3. The van der Waals surface area contributed by atoms with Crippen LogP contribution in [0.1, 0.15) is 18.9 Å². The van der Waals surface area contributed by atoms with Gasteiger partial charge in [0.2, 0.25) is 0 Å². The number of hydrazine groups is 1. The minimum Gasteiger partial charge on any atom is -0.338 e. The Balaban J connectivity index is 2.00. The van der Waals surface area contributed by atoms with E-state index < -0.39 is 5.66 Å². The van der Waals surface area contributed by atoms with Gasteiger partial charge >= 0.3 is 0 Å². The number of para-hydroxylation sites is 1. The standard InChI is InChI=1S/C16H15Cl2N3S/c1-2-16(13-9-8-11(17)10-14(13)18)19-15(22)21(20-16)12-6-4-3-5-7-12/h3-10,20H,2H2,1H3,(H,19,22)/t16-/m1/s1. The molecule has 0 radical (unpaired) electrons. The second-order valence-corrected chi connectivity index (χ2v) is 6.33. The van der Waals surface area contributed by atoms with Gasteiger partial charge in [-0.1, -0.05) is 54.4 Å². The van der Waals surface area contributed by atoms with Gasteiger partial charge in [0.25, 0.3) is 0 Å². The van der Waals surface area contributed by atoms with E-state index in [9.17, 15) is 0 Å². The monoisotopic (exact) mass is 351 g/mol. The molecule has 2 N–H and O–H groups in total. The number of anilines is 1. The van der Waals surface area contributed by atoms with Crippen LogP contribution in [0.15, 0.2) is 48.5 Å². The zero-order chi connectivity index (χ0) is 15.7. The highest BCUT2D eigenvalue weighted by molar-refractivity contribution is 7.80. The predicted octanol–water partition coefficient (Wildman–Crippen LogP) is 4.46. The average molecular weight is 352 g/mol. The second kappa shape index (κ2) is 6.05. The van der Waals surface area contributed by atoms with Crippen molar-refractivity contribution in [3.63, 3.8) is 0 Å². The number of nitrogens with zero attached hydrogens (tertiary/aromatic N) is 1. The number of benzene rings is 2. The molecule has 0 amide bonds. The van der Waals surface area contributed by atoms with E-state index in [1.54, 1.807) is 6.07 Å². The first kappa shape index (κ1) is 15.6. The summed E-state index contributed by atoms with van der Waals surface area (Å²) in [7, 11) is 0. The summed E-state index contributed by atoms with van der Waals surface area (Å²) < 4.78 is 0. The van der Waals surface area contributed by atoms with Crippen molar-refractivity contribution in [2.24, 2.45) is 0 Å². The van der Waals surface area contributed by atoms with Crippen LogP contribution < -0.4 is 15.8 Å². The Morgan fingerprint density at radius 1 is 1.14 bits per heavy atom. The summed E-state index contributed by atoms with van der Waals surface area (Å²) in [5, 5.41) is 7.05. The molecule has 1 heterocycles. The maximum absolute atomic E-state index is 6.39. The van der Waals surface area contributed by atoms with Gasteiger partial charge in [-0.25, -0.2) is 5.01 Å². The van der Waals surface area contributed by atoms with Gasteiger partial charge in [-0.15, -0.1) is 0 Å². The van der Waals surface area contributed by atoms with Crippen molar-refractivity contribution in [2.45, 2.75) is 19.0 Å². The average Bonchev–Trinajstić information content (AvgIpc) is 2.86. The SMILES string of the molecule is CC[C@@]1(c2ccc(Cl)cc2Cl)NC(=S)N(c2ccccc2)N1. The highest BCUT2D eigenvalue weighted by Gasteiger charge is 2.42. The Labute approximate surface area is 145 Å². The maximum atomic E-state index is 6.39. The Bertz CT molecular complexity index is 708. The fourth-order valence-electron chi connectivity index (χ4n) is 2.59. The van der Waals surface area contributed by atoms with Crippen LogP contribution in [0.5, 0.6) is 0 Å². The second-order valence-electron chi connectivity index (χ2n) is 5.10. The molecule has 6 heteroatoms. The molecule has 114 valence electrons. The molecule has 0 spiro atoms. The van der Waals surface area contributed by atoms with Crippen LogP contribution in [0.4, 0.5) is 5.69 Å². The van der Waals surface area contributed by atoms with Crippen molar-refractivity contribution in [1.29, 1.82) is 0 Å². The van der Waals surface area contributed by atoms with E-state index in [1.807, 2.05) is 47.5 Å². The molecular formula is C16H15Cl2N3S. The maximum Gasteiger partial charge on any atom is 0.190 e. The molecule has 2 aromatic carbocycles. The highest BCUT2D eigenvalue weighted by Crippen LogP contribution is 2.35. The van der Waals surface area contributed by atoms with Gasteiger partial charge in [0.1, 0.15) is 5.66 Å². The summed E-state index contributed by atoms with van der Waals surface area (Å²) in [5.74, 6) is 0. The lowest BCUT2D eigenvalue weighted by molar-refractivity contribution is 0.337. The Kier molecular flexibility index (Phi) is 4.28. The molecule has 1 saturated heterocycles. The number of halogens is 2. The molecule has 0 unspecified atom stereocenters. The summed E-state index contributed by atoms with van der Waals surface area (Å²) in [5.41, 5.74) is 4.79. The zero-order valence-electron chi connectivity index (χ0n) is 11.9.